The Kier molecular flexibility index (Phi) is 7.44. The van der Waals surface area contributed by atoms with Gasteiger partial charge in [-0.3, -0.25) is 9.59 Å². The smallest absolute Gasteiger partial charge is 0.259 e. The van der Waals surface area contributed by atoms with Gasteiger partial charge >= 0.3 is 0 Å². The number of methoxy groups -OCH3 is 1. The molecule has 6 nitrogen and oxygen atoms in total. The van der Waals surface area contributed by atoms with Gasteiger partial charge < -0.3 is 10.1 Å². The lowest BCUT2D eigenvalue weighted by molar-refractivity contribution is -0.125. The molecule has 0 unspecified atom stereocenters. The summed E-state index contributed by atoms with van der Waals surface area (Å²) in [6.07, 6.45) is 1.51. The summed E-state index contributed by atoms with van der Waals surface area (Å²) in [5, 5.41) is 7.15. The summed E-state index contributed by atoms with van der Waals surface area (Å²) in [5.41, 5.74) is 3.62. The van der Waals surface area contributed by atoms with Crippen LogP contribution in [0.4, 0.5) is 0 Å². The minimum atomic E-state index is -0.465. The van der Waals surface area contributed by atoms with E-state index in [0.29, 0.717) is 21.4 Å². The predicted octanol–water partition coefficient (Wildman–Crippen LogP) is 2.81. The molecule has 0 radical (unpaired) electrons. The van der Waals surface area contributed by atoms with Crippen LogP contribution in [0.25, 0.3) is 0 Å². The normalized spacial score (nSPS) is 10.6. The zero-order valence-corrected chi connectivity index (χ0v) is 15.5. The van der Waals surface area contributed by atoms with Gasteiger partial charge in [0.25, 0.3) is 5.91 Å². The quantitative estimate of drug-likeness (QED) is 0.560. The van der Waals surface area contributed by atoms with E-state index < -0.39 is 5.91 Å². The molecule has 0 spiro atoms. The van der Waals surface area contributed by atoms with Gasteiger partial charge in [0.15, 0.2) is 0 Å². The van der Waals surface area contributed by atoms with Crippen molar-refractivity contribution in [1.82, 2.24) is 10.7 Å². The highest BCUT2D eigenvalue weighted by Gasteiger charge is 2.07. The number of carbonyl (C=O) groups excluding carboxylic acids is 2. The van der Waals surface area contributed by atoms with E-state index in [9.17, 15) is 9.59 Å². The van der Waals surface area contributed by atoms with Gasteiger partial charge in [-0.15, -0.1) is 0 Å². The Morgan fingerprint density at radius 2 is 1.73 bits per heavy atom. The van der Waals surface area contributed by atoms with Crippen LogP contribution in [-0.4, -0.2) is 31.7 Å². The van der Waals surface area contributed by atoms with Crippen molar-refractivity contribution in [3.63, 3.8) is 0 Å². The van der Waals surface area contributed by atoms with Gasteiger partial charge in [0.1, 0.15) is 5.75 Å². The zero-order valence-electron chi connectivity index (χ0n) is 14.0. The van der Waals surface area contributed by atoms with Crippen molar-refractivity contribution in [2.75, 3.05) is 13.7 Å². The lowest BCUT2D eigenvalue weighted by Crippen LogP contribution is -2.35. The van der Waals surface area contributed by atoms with Crippen molar-refractivity contribution >= 4 is 41.2 Å². The first kappa shape index (κ1) is 19.8. The van der Waals surface area contributed by atoms with E-state index in [1.807, 2.05) is 0 Å². The first-order valence-corrected chi connectivity index (χ1v) is 8.40. The van der Waals surface area contributed by atoms with E-state index in [1.54, 1.807) is 49.6 Å². The second-order valence-electron chi connectivity index (χ2n) is 5.23. The van der Waals surface area contributed by atoms with Crippen molar-refractivity contribution in [3.05, 3.63) is 63.6 Å². The molecule has 2 aromatic carbocycles. The fraction of sp³-hybridized carbons (Fsp3) is 0.167. The molecule has 0 aliphatic rings. The second kappa shape index (κ2) is 9.79. The van der Waals surface area contributed by atoms with Gasteiger partial charge in [-0.05, 0) is 29.8 Å². The van der Waals surface area contributed by atoms with Gasteiger partial charge in [0, 0.05) is 5.56 Å². The topological polar surface area (TPSA) is 79.8 Å². The molecule has 8 heteroatoms. The standard InChI is InChI=1S/C18H17Cl2N3O3/c1-26-13-7-5-12(6-8-13)9-17(24)21-11-18(25)23-22-10-14-15(19)3-2-4-16(14)20/h2-8,10H,9,11H2,1H3,(H,21,24)(H,23,25)/b22-10-. The van der Waals surface area contributed by atoms with Crippen LogP contribution in [0.2, 0.25) is 10.0 Å². The molecule has 0 heterocycles. The molecule has 2 rings (SSSR count). The number of benzene rings is 2. The van der Waals surface area contributed by atoms with Crippen molar-refractivity contribution in [3.8, 4) is 5.75 Å². The summed E-state index contributed by atoms with van der Waals surface area (Å²) in [4.78, 5) is 23.6. The average molecular weight is 394 g/mol. The molecular formula is C18H17Cl2N3O3. The van der Waals surface area contributed by atoms with E-state index in [-0.39, 0.29) is 18.9 Å². The number of hydrazone groups is 1. The lowest BCUT2D eigenvalue weighted by atomic mass is 10.1. The Morgan fingerprint density at radius 1 is 1.08 bits per heavy atom. The van der Waals surface area contributed by atoms with Crippen LogP contribution in [0.1, 0.15) is 11.1 Å². The maximum atomic E-state index is 11.9. The monoisotopic (exact) mass is 393 g/mol. The summed E-state index contributed by atoms with van der Waals surface area (Å²) in [6.45, 7) is -0.192. The number of nitrogens with one attached hydrogen (secondary N) is 2. The number of hydrogen-bond donors (Lipinski definition) is 2. The Labute approximate surface area is 161 Å². The highest BCUT2D eigenvalue weighted by atomic mass is 35.5. The molecule has 0 aromatic heterocycles. The maximum Gasteiger partial charge on any atom is 0.259 e. The van der Waals surface area contributed by atoms with E-state index in [2.05, 4.69) is 15.8 Å². The maximum absolute atomic E-state index is 11.9. The third kappa shape index (κ3) is 6.06. The summed E-state index contributed by atoms with van der Waals surface area (Å²) < 4.78 is 5.05. The number of amides is 2. The molecule has 136 valence electrons. The van der Waals surface area contributed by atoms with Gasteiger partial charge in [-0.1, -0.05) is 41.4 Å². The highest BCUT2D eigenvalue weighted by molar-refractivity contribution is 6.38. The Hall–Kier alpha value is -2.57. The Balaban J connectivity index is 1.77. The van der Waals surface area contributed by atoms with Crippen LogP contribution >= 0.6 is 23.2 Å². The summed E-state index contributed by atoms with van der Waals surface area (Å²) in [7, 11) is 1.57. The molecule has 0 atom stereocenters. The number of nitrogens with zero attached hydrogens (tertiary/aromatic N) is 1. The van der Waals surface area contributed by atoms with E-state index in [1.165, 1.54) is 6.21 Å². The third-order valence-electron chi connectivity index (χ3n) is 3.35. The molecule has 2 aromatic rings. The third-order valence-corrected chi connectivity index (χ3v) is 4.01. The van der Waals surface area contributed by atoms with Crippen LogP contribution in [0.3, 0.4) is 0 Å². The fourth-order valence-corrected chi connectivity index (χ4v) is 2.51. The molecule has 0 fully saturated rings. The van der Waals surface area contributed by atoms with Gasteiger partial charge in [0.05, 0.1) is 36.3 Å². The van der Waals surface area contributed by atoms with Crippen molar-refractivity contribution in [2.45, 2.75) is 6.42 Å². The first-order chi connectivity index (χ1) is 12.5. The number of ether oxygens (including phenoxy) is 1. The number of hydrogen-bond acceptors (Lipinski definition) is 4. The predicted molar refractivity (Wildman–Crippen MR) is 102 cm³/mol. The van der Waals surface area contributed by atoms with E-state index in [0.717, 1.165) is 5.56 Å². The minimum absolute atomic E-state index is 0.162. The molecule has 0 aliphatic heterocycles. The van der Waals surface area contributed by atoms with Crippen molar-refractivity contribution in [1.29, 1.82) is 0 Å². The first-order valence-electron chi connectivity index (χ1n) is 7.65. The van der Waals surface area contributed by atoms with Crippen LogP contribution in [-0.2, 0) is 16.0 Å². The van der Waals surface area contributed by atoms with Gasteiger partial charge in [0.2, 0.25) is 5.91 Å². The zero-order chi connectivity index (χ0) is 18.9. The Bertz CT molecular complexity index is 788. The molecule has 0 bridgehead atoms. The van der Waals surface area contributed by atoms with Gasteiger partial charge in [-0.2, -0.15) is 5.10 Å². The van der Waals surface area contributed by atoms with E-state index >= 15 is 0 Å². The molecular weight excluding hydrogens is 377 g/mol. The summed E-state index contributed by atoms with van der Waals surface area (Å²) >= 11 is 12.0. The number of carbonyl (C=O) groups is 2. The number of rotatable bonds is 7. The molecule has 26 heavy (non-hydrogen) atoms. The average Bonchev–Trinajstić information content (AvgIpc) is 2.63. The van der Waals surface area contributed by atoms with Crippen LogP contribution < -0.4 is 15.5 Å². The molecule has 0 saturated heterocycles. The Morgan fingerprint density at radius 3 is 2.35 bits per heavy atom. The molecule has 0 saturated carbocycles. The SMILES string of the molecule is COc1ccc(CC(=O)NCC(=O)N/N=C\c2c(Cl)cccc2Cl)cc1. The second-order valence-corrected chi connectivity index (χ2v) is 6.04. The van der Waals surface area contributed by atoms with Crippen LogP contribution in [0, 0.1) is 0 Å². The van der Waals surface area contributed by atoms with Crippen LogP contribution in [0.5, 0.6) is 5.75 Å². The van der Waals surface area contributed by atoms with Crippen molar-refractivity contribution < 1.29 is 14.3 Å². The largest absolute Gasteiger partial charge is 0.497 e. The molecule has 0 aliphatic carbocycles. The molecule has 2 amide bonds. The van der Waals surface area contributed by atoms with Crippen LogP contribution in [0.15, 0.2) is 47.6 Å². The highest BCUT2D eigenvalue weighted by Crippen LogP contribution is 2.21. The van der Waals surface area contributed by atoms with Crippen molar-refractivity contribution in [2.24, 2.45) is 5.10 Å². The van der Waals surface area contributed by atoms with Gasteiger partial charge in [-0.25, -0.2) is 5.43 Å². The lowest BCUT2D eigenvalue weighted by Gasteiger charge is -2.05. The summed E-state index contributed by atoms with van der Waals surface area (Å²) in [6, 6.07) is 12.1. The van der Waals surface area contributed by atoms with E-state index in [4.69, 9.17) is 27.9 Å². The minimum Gasteiger partial charge on any atom is -0.497 e. The number of halogens is 2. The summed E-state index contributed by atoms with van der Waals surface area (Å²) in [5.74, 6) is -0.0269. The fourth-order valence-electron chi connectivity index (χ4n) is 2.01. The molecule has 2 N–H and O–H groups in total.